The molecule has 0 spiro atoms. The molecule has 0 aromatic carbocycles. The summed E-state index contributed by atoms with van der Waals surface area (Å²) < 4.78 is 5.78. The van der Waals surface area contributed by atoms with Gasteiger partial charge >= 0.3 is 0 Å². The number of hydrogen-bond donors (Lipinski definition) is 2. The number of rotatable bonds is 9. The maximum absolute atomic E-state index is 9.90. The van der Waals surface area contributed by atoms with Gasteiger partial charge in [-0.2, -0.15) is 0 Å². The summed E-state index contributed by atoms with van der Waals surface area (Å²) in [5, 5.41) is 13.3. The van der Waals surface area contributed by atoms with E-state index < -0.39 is 0 Å². The molecule has 0 radical (unpaired) electrons. The Morgan fingerprint density at radius 1 is 1.22 bits per heavy atom. The third kappa shape index (κ3) is 6.72. The number of nitrogens with one attached hydrogen (secondary N) is 1. The van der Waals surface area contributed by atoms with E-state index in [9.17, 15) is 5.11 Å². The second-order valence-electron chi connectivity index (χ2n) is 5.55. The van der Waals surface area contributed by atoms with Crippen LogP contribution in [-0.2, 0) is 4.74 Å². The van der Waals surface area contributed by atoms with E-state index in [0.29, 0.717) is 25.3 Å². The Bertz CT molecular complexity index is 184. The lowest BCUT2D eigenvalue weighted by Gasteiger charge is -2.24. The van der Waals surface area contributed by atoms with Crippen molar-refractivity contribution in [2.75, 3.05) is 13.2 Å². The largest absolute Gasteiger partial charge is 0.389 e. The molecule has 0 saturated heterocycles. The smallest absolute Gasteiger partial charge is 0.0897 e. The molecule has 1 aliphatic rings. The topological polar surface area (TPSA) is 41.5 Å². The first-order chi connectivity index (χ1) is 8.76. The highest BCUT2D eigenvalue weighted by atomic mass is 16.5. The van der Waals surface area contributed by atoms with Gasteiger partial charge in [0.05, 0.1) is 18.8 Å². The minimum atomic E-state index is -0.363. The molecule has 1 saturated carbocycles. The van der Waals surface area contributed by atoms with E-state index in [0.717, 1.165) is 6.42 Å². The van der Waals surface area contributed by atoms with E-state index in [1.807, 2.05) is 0 Å². The molecule has 0 aliphatic heterocycles. The van der Waals surface area contributed by atoms with Gasteiger partial charge in [-0.3, -0.25) is 0 Å². The minimum Gasteiger partial charge on any atom is -0.389 e. The van der Waals surface area contributed by atoms with Crippen LogP contribution in [0.3, 0.4) is 0 Å². The van der Waals surface area contributed by atoms with Gasteiger partial charge in [-0.1, -0.05) is 39.5 Å². The van der Waals surface area contributed by atoms with Crippen LogP contribution in [0.15, 0.2) is 0 Å². The van der Waals surface area contributed by atoms with Gasteiger partial charge in [0, 0.05) is 12.6 Å². The van der Waals surface area contributed by atoms with Crippen molar-refractivity contribution >= 4 is 0 Å². The maximum Gasteiger partial charge on any atom is 0.0897 e. The summed E-state index contributed by atoms with van der Waals surface area (Å²) in [6.45, 7) is 5.54. The molecule has 0 amide bonds. The average molecular weight is 257 g/mol. The van der Waals surface area contributed by atoms with E-state index in [2.05, 4.69) is 19.2 Å². The van der Waals surface area contributed by atoms with Crippen LogP contribution in [0, 0.1) is 0 Å². The summed E-state index contributed by atoms with van der Waals surface area (Å²) in [7, 11) is 0. The minimum absolute atomic E-state index is 0.363. The monoisotopic (exact) mass is 257 g/mol. The first kappa shape index (κ1) is 15.9. The molecule has 0 bridgehead atoms. The fourth-order valence-corrected chi connectivity index (χ4v) is 2.64. The Morgan fingerprint density at radius 2 is 1.94 bits per heavy atom. The average Bonchev–Trinajstić information content (AvgIpc) is 2.42. The van der Waals surface area contributed by atoms with Gasteiger partial charge in [0.25, 0.3) is 0 Å². The molecule has 1 aliphatic carbocycles. The Morgan fingerprint density at radius 3 is 2.56 bits per heavy atom. The molecule has 2 atom stereocenters. The zero-order valence-corrected chi connectivity index (χ0v) is 12.2. The molecule has 0 aromatic rings. The van der Waals surface area contributed by atoms with Gasteiger partial charge in [-0.25, -0.2) is 0 Å². The summed E-state index contributed by atoms with van der Waals surface area (Å²) in [5.41, 5.74) is 0. The van der Waals surface area contributed by atoms with E-state index in [4.69, 9.17) is 4.74 Å². The van der Waals surface area contributed by atoms with Gasteiger partial charge in [0.15, 0.2) is 0 Å². The summed E-state index contributed by atoms with van der Waals surface area (Å²) in [6.07, 6.45) is 9.81. The van der Waals surface area contributed by atoms with Crippen molar-refractivity contribution in [3.63, 3.8) is 0 Å². The Balaban J connectivity index is 2.06. The zero-order valence-electron chi connectivity index (χ0n) is 12.2. The lowest BCUT2D eigenvalue weighted by Crippen LogP contribution is -2.38. The Hall–Kier alpha value is -0.120. The number of aliphatic hydroxyl groups is 1. The predicted octanol–water partition coefficient (Wildman–Crippen LogP) is 2.86. The van der Waals surface area contributed by atoms with Gasteiger partial charge in [-0.05, 0) is 25.7 Å². The summed E-state index contributed by atoms with van der Waals surface area (Å²) in [6, 6.07) is 0.541. The Kier molecular flexibility index (Phi) is 8.64. The van der Waals surface area contributed by atoms with Crippen LogP contribution in [0.2, 0.25) is 0 Å². The SMILES string of the molecule is CCCC(CC)NCC(O)COC1CCCCC1. The van der Waals surface area contributed by atoms with E-state index >= 15 is 0 Å². The van der Waals surface area contributed by atoms with Crippen LogP contribution < -0.4 is 5.32 Å². The van der Waals surface area contributed by atoms with Gasteiger partial charge < -0.3 is 15.2 Å². The summed E-state index contributed by atoms with van der Waals surface area (Å²) in [4.78, 5) is 0. The quantitative estimate of drug-likeness (QED) is 0.667. The number of ether oxygens (including phenoxy) is 1. The number of aliphatic hydroxyl groups excluding tert-OH is 1. The first-order valence-electron chi connectivity index (χ1n) is 7.79. The molecule has 1 fully saturated rings. The third-order valence-corrected chi connectivity index (χ3v) is 3.85. The normalized spacial score (nSPS) is 20.8. The van der Waals surface area contributed by atoms with Gasteiger partial charge in [0.1, 0.15) is 0 Å². The summed E-state index contributed by atoms with van der Waals surface area (Å²) >= 11 is 0. The van der Waals surface area contributed by atoms with Gasteiger partial charge in [-0.15, -0.1) is 0 Å². The fourth-order valence-electron chi connectivity index (χ4n) is 2.64. The van der Waals surface area contributed by atoms with Crippen molar-refractivity contribution in [1.29, 1.82) is 0 Å². The van der Waals surface area contributed by atoms with Crippen LogP contribution in [0.25, 0.3) is 0 Å². The molecule has 2 unspecified atom stereocenters. The predicted molar refractivity (Wildman–Crippen MR) is 75.8 cm³/mol. The van der Waals surface area contributed by atoms with E-state index in [1.54, 1.807) is 0 Å². The van der Waals surface area contributed by atoms with Crippen LogP contribution in [-0.4, -0.2) is 36.5 Å². The lowest BCUT2D eigenvalue weighted by atomic mass is 9.98. The van der Waals surface area contributed by atoms with Crippen molar-refractivity contribution in [3.8, 4) is 0 Å². The Labute approximate surface area is 112 Å². The second-order valence-corrected chi connectivity index (χ2v) is 5.55. The van der Waals surface area contributed by atoms with Crippen LogP contribution in [0.1, 0.15) is 65.2 Å². The molecular weight excluding hydrogens is 226 g/mol. The summed E-state index contributed by atoms with van der Waals surface area (Å²) in [5.74, 6) is 0. The van der Waals surface area contributed by atoms with Gasteiger partial charge in [0.2, 0.25) is 0 Å². The number of hydrogen-bond acceptors (Lipinski definition) is 3. The van der Waals surface area contributed by atoms with Crippen LogP contribution >= 0.6 is 0 Å². The highest BCUT2D eigenvalue weighted by molar-refractivity contribution is 4.69. The highest BCUT2D eigenvalue weighted by Gasteiger charge is 2.16. The zero-order chi connectivity index (χ0) is 13.2. The first-order valence-corrected chi connectivity index (χ1v) is 7.79. The van der Waals surface area contributed by atoms with Crippen LogP contribution in [0.4, 0.5) is 0 Å². The molecule has 0 aromatic heterocycles. The third-order valence-electron chi connectivity index (χ3n) is 3.85. The van der Waals surface area contributed by atoms with Crippen molar-refractivity contribution in [3.05, 3.63) is 0 Å². The highest BCUT2D eigenvalue weighted by Crippen LogP contribution is 2.20. The van der Waals surface area contributed by atoms with E-state index in [-0.39, 0.29) is 6.10 Å². The van der Waals surface area contributed by atoms with Crippen molar-refractivity contribution in [2.45, 2.75) is 83.5 Å². The second kappa shape index (κ2) is 9.76. The molecule has 1 rings (SSSR count). The molecule has 0 heterocycles. The maximum atomic E-state index is 9.90. The molecule has 3 heteroatoms. The fraction of sp³-hybridized carbons (Fsp3) is 1.00. The molecular formula is C15H31NO2. The molecule has 18 heavy (non-hydrogen) atoms. The molecule has 108 valence electrons. The van der Waals surface area contributed by atoms with E-state index in [1.165, 1.54) is 44.9 Å². The standard InChI is InChI=1S/C15H31NO2/c1-3-8-13(4-2)16-11-14(17)12-18-15-9-6-5-7-10-15/h13-17H,3-12H2,1-2H3. The van der Waals surface area contributed by atoms with Crippen LogP contribution in [0.5, 0.6) is 0 Å². The molecule has 3 nitrogen and oxygen atoms in total. The van der Waals surface area contributed by atoms with Crippen molar-refractivity contribution < 1.29 is 9.84 Å². The molecule has 2 N–H and O–H groups in total. The van der Waals surface area contributed by atoms with Crippen molar-refractivity contribution in [2.24, 2.45) is 0 Å². The lowest BCUT2D eigenvalue weighted by molar-refractivity contribution is -0.0236. The van der Waals surface area contributed by atoms with Crippen molar-refractivity contribution in [1.82, 2.24) is 5.32 Å².